The summed E-state index contributed by atoms with van der Waals surface area (Å²) in [7, 11) is 0. The van der Waals surface area contributed by atoms with Gasteiger partial charge in [-0.2, -0.15) is 0 Å². The van der Waals surface area contributed by atoms with Gasteiger partial charge in [0.15, 0.2) is 5.96 Å². The molecular weight excluding hydrogens is 423 g/mol. The van der Waals surface area contributed by atoms with E-state index in [1.54, 1.807) is 4.90 Å². The van der Waals surface area contributed by atoms with E-state index in [2.05, 4.69) is 22.5 Å². The fourth-order valence-corrected chi connectivity index (χ4v) is 2.37. The third-order valence-electron chi connectivity index (χ3n) is 3.74. The normalized spacial score (nSPS) is 20.4. The summed E-state index contributed by atoms with van der Waals surface area (Å²) >= 11 is 0. The van der Waals surface area contributed by atoms with E-state index in [0.717, 1.165) is 32.3 Å². The van der Waals surface area contributed by atoms with Crippen LogP contribution in [0.5, 0.6) is 0 Å². The molecule has 0 radical (unpaired) electrons. The number of guanidine groups is 1. The molecule has 0 saturated carbocycles. The Morgan fingerprint density at radius 2 is 2.00 bits per heavy atom. The van der Waals surface area contributed by atoms with Gasteiger partial charge in [0.25, 0.3) is 0 Å². The van der Waals surface area contributed by atoms with E-state index in [1.807, 2.05) is 27.7 Å². The van der Waals surface area contributed by atoms with Crippen molar-refractivity contribution in [2.24, 2.45) is 10.4 Å². The highest BCUT2D eigenvalue weighted by Gasteiger charge is 2.35. The first-order valence-corrected chi connectivity index (χ1v) is 8.31. The average Bonchev–Trinajstić information content (AvgIpc) is 2.34. The summed E-state index contributed by atoms with van der Waals surface area (Å²) in [6.45, 7) is 14.2. The standard InChI is InChI=1S/C16H30N4O3.HI/c1-6-17-13(18-9-16(5)10-22-11-16)19-12-7-20(8-12)14(21)23-15(2,3)4;/h12H,6-11H2,1-5H3,(H2,17,18,19);1H. The fourth-order valence-electron chi connectivity index (χ4n) is 2.37. The van der Waals surface area contributed by atoms with Crippen molar-refractivity contribution in [3.63, 3.8) is 0 Å². The summed E-state index contributed by atoms with van der Waals surface area (Å²) < 4.78 is 10.6. The van der Waals surface area contributed by atoms with Crippen molar-refractivity contribution >= 4 is 36.0 Å². The molecule has 2 aliphatic rings. The number of ether oxygens (including phenoxy) is 2. The third kappa shape index (κ3) is 6.27. The summed E-state index contributed by atoms with van der Waals surface area (Å²) in [5.74, 6) is 0.800. The fraction of sp³-hybridized carbons (Fsp3) is 0.875. The number of nitrogens with one attached hydrogen (secondary N) is 2. The van der Waals surface area contributed by atoms with Crippen LogP contribution in [0.25, 0.3) is 0 Å². The summed E-state index contributed by atoms with van der Waals surface area (Å²) in [6, 6.07) is 0.214. The van der Waals surface area contributed by atoms with Crippen LogP contribution in [0, 0.1) is 5.41 Å². The minimum atomic E-state index is -0.452. The molecule has 8 heteroatoms. The Morgan fingerprint density at radius 1 is 1.38 bits per heavy atom. The lowest BCUT2D eigenvalue weighted by atomic mass is 9.89. The second kappa shape index (κ2) is 8.55. The van der Waals surface area contributed by atoms with E-state index >= 15 is 0 Å². The van der Waals surface area contributed by atoms with Crippen LogP contribution in [0.4, 0.5) is 4.79 Å². The predicted molar refractivity (Wildman–Crippen MR) is 105 cm³/mol. The maximum absolute atomic E-state index is 11.9. The Balaban J connectivity index is 0.00000288. The molecule has 0 bridgehead atoms. The molecule has 2 heterocycles. The molecule has 2 fully saturated rings. The summed E-state index contributed by atoms with van der Waals surface area (Å²) in [5.41, 5.74) is -0.295. The van der Waals surface area contributed by atoms with Gasteiger partial charge in [-0.15, -0.1) is 24.0 Å². The lowest BCUT2D eigenvalue weighted by Gasteiger charge is -2.41. The lowest BCUT2D eigenvalue weighted by molar-refractivity contribution is -0.0945. The van der Waals surface area contributed by atoms with Gasteiger partial charge in [-0.05, 0) is 27.7 Å². The Bertz CT molecular complexity index is 455. The first-order valence-electron chi connectivity index (χ1n) is 8.31. The number of aliphatic imine (C=N–C) groups is 1. The topological polar surface area (TPSA) is 75.2 Å². The molecule has 140 valence electrons. The zero-order valence-corrected chi connectivity index (χ0v) is 17.7. The zero-order valence-electron chi connectivity index (χ0n) is 15.3. The van der Waals surface area contributed by atoms with Crippen LogP contribution in [0.3, 0.4) is 0 Å². The van der Waals surface area contributed by atoms with Crippen molar-refractivity contribution in [3.05, 3.63) is 0 Å². The van der Waals surface area contributed by atoms with Crippen LogP contribution >= 0.6 is 24.0 Å². The lowest BCUT2D eigenvalue weighted by Crippen LogP contribution is -2.63. The number of halogens is 1. The van der Waals surface area contributed by atoms with E-state index in [1.165, 1.54) is 0 Å². The van der Waals surface area contributed by atoms with Crippen molar-refractivity contribution in [2.75, 3.05) is 39.4 Å². The number of hydrogen-bond acceptors (Lipinski definition) is 4. The highest BCUT2D eigenvalue weighted by molar-refractivity contribution is 14.0. The van der Waals surface area contributed by atoms with Crippen LogP contribution in [0.1, 0.15) is 34.6 Å². The number of nitrogens with zero attached hydrogens (tertiary/aromatic N) is 2. The number of carbonyl (C=O) groups excluding carboxylic acids is 1. The molecule has 0 aromatic carbocycles. The average molecular weight is 454 g/mol. The Kier molecular flexibility index (Phi) is 7.58. The van der Waals surface area contributed by atoms with E-state index < -0.39 is 5.60 Å². The van der Waals surface area contributed by atoms with Crippen molar-refractivity contribution in [2.45, 2.75) is 46.3 Å². The molecule has 0 aliphatic carbocycles. The third-order valence-corrected chi connectivity index (χ3v) is 3.74. The van der Waals surface area contributed by atoms with Crippen molar-refractivity contribution in [1.29, 1.82) is 0 Å². The van der Waals surface area contributed by atoms with Gasteiger partial charge in [0.1, 0.15) is 5.60 Å². The summed E-state index contributed by atoms with van der Waals surface area (Å²) in [4.78, 5) is 18.3. The molecule has 2 aliphatic heterocycles. The molecule has 0 spiro atoms. The minimum absolute atomic E-state index is 0. The maximum atomic E-state index is 11.9. The van der Waals surface area contributed by atoms with Gasteiger partial charge < -0.3 is 25.0 Å². The highest BCUT2D eigenvalue weighted by atomic mass is 127. The van der Waals surface area contributed by atoms with E-state index in [9.17, 15) is 4.79 Å². The van der Waals surface area contributed by atoms with Gasteiger partial charge in [-0.3, -0.25) is 4.99 Å². The molecule has 0 aromatic rings. The van der Waals surface area contributed by atoms with Gasteiger partial charge in [0.2, 0.25) is 0 Å². The second-order valence-corrected chi connectivity index (χ2v) is 7.73. The quantitative estimate of drug-likeness (QED) is 0.385. The molecule has 0 unspecified atom stereocenters. The number of rotatable bonds is 4. The summed E-state index contributed by atoms with van der Waals surface area (Å²) in [6.07, 6.45) is -0.253. The van der Waals surface area contributed by atoms with Crippen LogP contribution in [-0.4, -0.2) is 68.0 Å². The van der Waals surface area contributed by atoms with Crippen molar-refractivity contribution < 1.29 is 14.3 Å². The molecule has 2 saturated heterocycles. The van der Waals surface area contributed by atoms with E-state index in [0.29, 0.717) is 13.1 Å². The van der Waals surface area contributed by atoms with Crippen molar-refractivity contribution in [1.82, 2.24) is 15.5 Å². The van der Waals surface area contributed by atoms with Crippen LogP contribution in [-0.2, 0) is 9.47 Å². The predicted octanol–water partition coefficient (Wildman–Crippen LogP) is 1.82. The first kappa shape index (κ1) is 21.3. The molecule has 7 nitrogen and oxygen atoms in total. The molecule has 1 amide bonds. The van der Waals surface area contributed by atoms with Gasteiger partial charge in [0.05, 0.1) is 25.8 Å². The molecule has 24 heavy (non-hydrogen) atoms. The second-order valence-electron chi connectivity index (χ2n) is 7.73. The number of likely N-dealkylation sites (tertiary alicyclic amines) is 1. The van der Waals surface area contributed by atoms with Crippen LogP contribution in [0.15, 0.2) is 4.99 Å². The summed E-state index contributed by atoms with van der Waals surface area (Å²) in [5, 5.41) is 6.62. The smallest absolute Gasteiger partial charge is 0.410 e. The largest absolute Gasteiger partial charge is 0.444 e. The first-order chi connectivity index (χ1) is 10.7. The van der Waals surface area contributed by atoms with Gasteiger partial charge >= 0.3 is 6.09 Å². The van der Waals surface area contributed by atoms with E-state index in [-0.39, 0.29) is 41.5 Å². The van der Waals surface area contributed by atoms with Gasteiger partial charge in [-0.1, -0.05) is 6.92 Å². The van der Waals surface area contributed by atoms with Crippen LogP contribution in [0.2, 0.25) is 0 Å². The molecule has 2 N–H and O–H groups in total. The van der Waals surface area contributed by atoms with Crippen LogP contribution < -0.4 is 10.6 Å². The monoisotopic (exact) mass is 454 g/mol. The Labute approximate surface area is 161 Å². The molecule has 0 aromatic heterocycles. The highest BCUT2D eigenvalue weighted by Crippen LogP contribution is 2.26. The molecule has 0 atom stereocenters. The van der Waals surface area contributed by atoms with Crippen molar-refractivity contribution in [3.8, 4) is 0 Å². The molecular formula is C16H31IN4O3. The number of amides is 1. The minimum Gasteiger partial charge on any atom is -0.444 e. The van der Waals surface area contributed by atoms with E-state index in [4.69, 9.17) is 9.47 Å². The van der Waals surface area contributed by atoms with Gasteiger partial charge in [0, 0.05) is 25.0 Å². The van der Waals surface area contributed by atoms with Gasteiger partial charge in [-0.25, -0.2) is 4.79 Å². The number of hydrogen-bond donors (Lipinski definition) is 2. The maximum Gasteiger partial charge on any atom is 0.410 e. The Hall–Kier alpha value is -0.770. The molecule has 2 rings (SSSR count). The Morgan fingerprint density at radius 3 is 2.46 bits per heavy atom. The number of carbonyl (C=O) groups is 1. The zero-order chi connectivity index (χ0) is 17.1. The SMILES string of the molecule is CCNC(=NCC1(C)COC1)NC1CN(C(=O)OC(C)(C)C)C1.I.